The quantitative estimate of drug-likeness (QED) is 0.920. The third-order valence-corrected chi connectivity index (χ3v) is 4.23. The maximum atomic E-state index is 12.1. The van der Waals surface area contributed by atoms with Gasteiger partial charge in [-0.1, -0.05) is 23.2 Å². The van der Waals surface area contributed by atoms with Gasteiger partial charge in [-0.25, -0.2) is 13.1 Å². The molecule has 0 spiro atoms. The van der Waals surface area contributed by atoms with E-state index >= 15 is 0 Å². The van der Waals surface area contributed by atoms with Crippen molar-refractivity contribution in [3.63, 3.8) is 0 Å². The standard InChI is InChI=1S/C11H12Cl2N2O3S/c1-19(17,18)14-10-4-5-15(11(10)16)7-2-3-8(12)9(13)6-7/h2-3,6,10,14H,4-5H2,1H3. The molecule has 1 unspecified atom stereocenters. The molecule has 1 aromatic rings. The van der Waals surface area contributed by atoms with Crippen molar-refractivity contribution in [3.8, 4) is 0 Å². The lowest BCUT2D eigenvalue weighted by molar-refractivity contribution is -0.118. The average Bonchev–Trinajstić information content (AvgIpc) is 2.63. The summed E-state index contributed by atoms with van der Waals surface area (Å²) in [6, 6.07) is 4.15. The van der Waals surface area contributed by atoms with Crippen LogP contribution in [0.25, 0.3) is 0 Å². The van der Waals surface area contributed by atoms with Gasteiger partial charge in [0.05, 0.1) is 16.3 Å². The van der Waals surface area contributed by atoms with Gasteiger partial charge in [-0.3, -0.25) is 4.79 Å². The molecule has 0 bridgehead atoms. The van der Waals surface area contributed by atoms with Crippen LogP contribution in [-0.4, -0.2) is 33.2 Å². The molecule has 0 radical (unpaired) electrons. The zero-order valence-electron chi connectivity index (χ0n) is 10.1. The summed E-state index contributed by atoms with van der Waals surface area (Å²) >= 11 is 11.7. The van der Waals surface area contributed by atoms with Crippen LogP contribution in [0.2, 0.25) is 10.0 Å². The lowest BCUT2D eigenvalue weighted by Gasteiger charge is -2.17. The molecular weight excluding hydrogens is 311 g/mol. The first-order chi connectivity index (χ1) is 8.78. The molecule has 1 saturated heterocycles. The highest BCUT2D eigenvalue weighted by molar-refractivity contribution is 7.88. The topological polar surface area (TPSA) is 66.5 Å². The molecule has 1 amide bonds. The number of nitrogens with zero attached hydrogens (tertiary/aromatic N) is 1. The maximum absolute atomic E-state index is 12.1. The number of anilines is 1. The first-order valence-corrected chi connectivity index (χ1v) is 8.16. The first-order valence-electron chi connectivity index (χ1n) is 5.51. The van der Waals surface area contributed by atoms with Crippen molar-refractivity contribution in [2.75, 3.05) is 17.7 Å². The lowest BCUT2D eigenvalue weighted by atomic mass is 10.3. The Bertz CT molecular complexity index is 618. The largest absolute Gasteiger partial charge is 0.311 e. The van der Waals surface area contributed by atoms with Crippen LogP contribution in [-0.2, 0) is 14.8 Å². The summed E-state index contributed by atoms with van der Waals surface area (Å²) in [6.45, 7) is 0.435. The Balaban J connectivity index is 2.20. The van der Waals surface area contributed by atoms with Gasteiger partial charge >= 0.3 is 0 Å². The summed E-state index contributed by atoms with van der Waals surface area (Å²) in [4.78, 5) is 13.6. The molecule has 2 rings (SSSR count). The van der Waals surface area contributed by atoms with Gasteiger partial charge in [0.25, 0.3) is 0 Å². The second kappa shape index (κ2) is 5.28. The van der Waals surface area contributed by atoms with Crippen molar-refractivity contribution in [1.29, 1.82) is 0 Å². The fourth-order valence-electron chi connectivity index (χ4n) is 1.96. The van der Waals surface area contributed by atoms with E-state index in [1.54, 1.807) is 18.2 Å². The minimum Gasteiger partial charge on any atom is -0.311 e. The minimum atomic E-state index is -3.41. The summed E-state index contributed by atoms with van der Waals surface area (Å²) in [5.74, 6) is -0.288. The van der Waals surface area contributed by atoms with Crippen LogP contribution in [0.3, 0.4) is 0 Å². The van der Waals surface area contributed by atoms with E-state index in [1.807, 2.05) is 0 Å². The summed E-state index contributed by atoms with van der Waals surface area (Å²) in [7, 11) is -3.41. The van der Waals surface area contributed by atoms with E-state index in [9.17, 15) is 13.2 Å². The molecule has 19 heavy (non-hydrogen) atoms. The number of carbonyl (C=O) groups excluding carboxylic acids is 1. The van der Waals surface area contributed by atoms with Gasteiger partial charge in [0, 0.05) is 12.2 Å². The molecular formula is C11H12Cl2N2O3S. The summed E-state index contributed by atoms with van der Waals surface area (Å²) in [5.41, 5.74) is 0.609. The zero-order chi connectivity index (χ0) is 14.2. The van der Waals surface area contributed by atoms with Crippen molar-refractivity contribution in [2.45, 2.75) is 12.5 Å². The monoisotopic (exact) mass is 322 g/mol. The molecule has 1 fully saturated rings. The molecule has 1 N–H and O–H groups in total. The van der Waals surface area contributed by atoms with E-state index < -0.39 is 16.1 Å². The number of halogens is 2. The molecule has 0 aliphatic carbocycles. The Morgan fingerprint density at radius 3 is 2.58 bits per heavy atom. The van der Waals surface area contributed by atoms with Gasteiger partial charge in [-0.05, 0) is 24.6 Å². The minimum absolute atomic E-state index is 0.288. The van der Waals surface area contributed by atoms with Gasteiger partial charge in [0.15, 0.2) is 0 Å². The number of sulfonamides is 1. The highest BCUT2D eigenvalue weighted by Crippen LogP contribution is 2.29. The number of hydrogen-bond donors (Lipinski definition) is 1. The van der Waals surface area contributed by atoms with E-state index in [-0.39, 0.29) is 5.91 Å². The van der Waals surface area contributed by atoms with Crippen molar-refractivity contribution >= 4 is 44.8 Å². The van der Waals surface area contributed by atoms with E-state index in [2.05, 4.69) is 4.72 Å². The Morgan fingerprint density at radius 1 is 1.32 bits per heavy atom. The number of nitrogens with one attached hydrogen (secondary N) is 1. The Morgan fingerprint density at radius 2 is 2.00 bits per heavy atom. The average molecular weight is 323 g/mol. The van der Waals surface area contributed by atoms with E-state index in [4.69, 9.17) is 23.2 Å². The highest BCUT2D eigenvalue weighted by Gasteiger charge is 2.34. The Hall–Kier alpha value is -0.820. The summed E-state index contributed by atoms with van der Waals surface area (Å²) in [6.07, 6.45) is 1.45. The number of carbonyl (C=O) groups is 1. The van der Waals surface area contributed by atoms with Crippen molar-refractivity contribution in [2.24, 2.45) is 0 Å². The molecule has 5 nitrogen and oxygen atoms in total. The van der Waals surface area contributed by atoms with Crippen LogP contribution in [0, 0.1) is 0 Å². The number of rotatable bonds is 3. The van der Waals surface area contributed by atoms with Gasteiger partial charge in [0.1, 0.15) is 6.04 Å². The van der Waals surface area contributed by atoms with Crippen molar-refractivity contribution < 1.29 is 13.2 Å². The second-order valence-corrected chi connectivity index (χ2v) is 6.91. The predicted octanol–water partition coefficient (Wildman–Crippen LogP) is 1.65. The van der Waals surface area contributed by atoms with Crippen LogP contribution in [0.1, 0.15) is 6.42 Å². The predicted molar refractivity (Wildman–Crippen MR) is 75.2 cm³/mol. The van der Waals surface area contributed by atoms with Gasteiger partial charge < -0.3 is 4.90 Å². The SMILES string of the molecule is CS(=O)(=O)NC1CCN(c2ccc(Cl)c(Cl)c2)C1=O. The van der Waals surface area contributed by atoms with Crippen molar-refractivity contribution in [3.05, 3.63) is 28.2 Å². The number of benzene rings is 1. The fourth-order valence-corrected chi connectivity index (χ4v) is 2.98. The van der Waals surface area contributed by atoms with E-state index in [0.717, 1.165) is 6.26 Å². The molecule has 1 aliphatic heterocycles. The fraction of sp³-hybridized carbons (Fsp3) is 0.364. The van der Waals surface area contributed by atoms with Crippen LogP contribution in [0.15, 0.2) is 18.2 Å². The molecule has 1 atom stereocenters. The molecule has 0 aromatic heterocycles. The molecule has 1 aliphatic rings. The third-order valence-electron chi connectivity index (χ3n) is 2.78. The van der Waals surface area contributed by atoms with Gasteiger partial charge in [-0.15, -0.1) is 0 Å². The summed E-state index contributed by atoms with van der Waals surface area (Å²) < 4.78 is 24.6. The van der Waals surface area contributed by atoms with E-state index in [0.29, 0.717) is 28.7 Å². The second-order valence-electron chi connectivity index (χ2n) is 4.32. The molecule has 104 valence electrons. The number of hydrogen-bond acceptors (Lipinski definition) is 3. The summed E-state index contributed by atoms with van der Waals surface area (Å²) in [5, 5.41) is 0.759. The molecule has 0 saturated carbocycles. The Kier molecular flexibility index (Phi) is 4.06. The van der Waals surface area contributed by atoms with Crippen LogP contribution < -0.4 is 9.62 Å². The normalized spacial score (nSPS) is 20.1. The van der Waals surface area contributed by atoms with Gasteiger partial charge in [-0.2, -0.15) is 0 Å². The van der Waals surface area contributed by atoms with Crippen molar-refractivity contribution in [1.82, 2.24) is 4.72 Å². The zero-order valence-corrected chi connectivity index (χ0v) is 12.4. The number of amides is 1. The first kappa shape index (κ1) is 14.6. The maximum Gasteiger partial charge on any atom is 0.245 e. The molecule has 8 heteroatoms. The van der Waals surface area contributed by atoms with E-state index in [1.165, 1.54) is 4.90 Å². The molecule has 1 heterocycles. The smallest absolute Gasteiger partial charge is 0.245 e. The third kappa shape index (κ3) is 3.39. The molecule has 1 aromatic carbocycles. The van der Waals surface area contributed by atoms with Crippen LogP contribution in [0.5, 0.6) is 0 Å². The highest BCUT2D eigenvalue weighted by atomic mass is 35.5. The Labute approximate surface area is 121 Å². The van der Waals surface area contributed by atoms with Crippen LogP contribution >= 0.6 is 23.2 Å². The van der Waals surface area contributed by atoms with Gasteiger partial charge in [0.2, 0.25) is 15.9 Å². The lowest BCUT2D eigenvalue weighted by Crippen LogP contribution is -2.41. The van der Waals surface area contributed by atoms with Crippen LogP contribution in [0.4, 0.5) is 5.69 Å².